The van der Waals surface area contributed by atoms with Crippen molar-refractivity contribution >= 4 is 157 Å². The van der Waals surface area contributed by atoms with Crippen molar-refractivity contribution in [2.75, 3.05) is 87.8 Å². The van der Waals surface area contributed by atoms with Crippen molar-refractivity contribution in [1.29, 1.82) is 0 Å². The Morgan fingerprint density at radius 3 is 1.42 bits per heavy atom. The van der Waals surface area contributed by atoms with Crippen molar-refractivity contribution in [1.82, 2.24) is 14.4 Å². The molecule has 1 atom stereocenters. The molecule has 43 heavy (non-hydrogen) atoms. The number of nitrogens with zero attached hydrogens (tertiary/aromatic N) is 2. The van der Waals surface area contributed by atoms with Gasteiger partial charge in [-0.25, -0.2) is 14.4 Å². The highest BCUT2D eigenvalue weighted by Crippen LogP contribution is 2.61. The SMILES string of the molecule is Cl.ClCCCCCCl.NCCCO.O=P(Cl)(Cl)Cl.O=P(Cl)(Cl)N(CCCl)CCCl.O=P1(N(CCCl)CCCl)NCCCO1. The van der Waals surface area contributed by atoms with Crippen molar-refractivity contribution in [3.8, 4) is 0 Å². The van der Waals surface area contributed by atoms with E-state index < -0.39 is 18.9 Å². The molecule has 1 aliphatic heterocycles. The van der Waals surface area contributed by atoms with Gasteiger partial charge < -0.3 is 15.4 Å². The van der Waals surface area contributed by atoms with Gasteiger partial charge >= 0.3 is 18.9 Å². The zero-order chi connectivity index (χ0) is 33.5. The zero-order valence-corrected chi connectivity index (χ0v) is 35.2. The third-order valence-electron chi connectivity index (χ3n) is 4.10. The van der Waals surface area contributed by atoms with E-state index in [4.69, 9.17) is 107 Å². The minimum absolute atomic E-state index is 0. The highest BCUT2D eigenvalue weighted by molar-refractivity contribution is 8.24. The summed E-state index contributed by atoms with van der Waals surface area (Å²) in [6.45, 7) is 3.89. The average molecular weight is 926 g/mol. The molecule has 9 nitrogen and oxygen atoms in total. The van der Waals surface area contributed by atoms with Gasteiger partial charge in [0.1, 0.15) is 0 Å². The van der Waals surface area contributed by atoms with Crippen LogP contribution < -0.4 is 10.8 Å². The predicted molar refractivity (Wildman–Crippen MR) is 200 cm³/mol. The van der Waals surface area contributed by atoms with Crippen LogP contribution in [0.5, 0.6) is 0 Å². The highest BCUT2D eigenvalue weighted by Gasteiger charge is 2.32. The standard InChI is InChI=1S/C7H15Cl2N2O2P.C5H10Cl2.C4H8Cl4NOP.C3H9NO.Cl3OP.ClH/c8-2-5-11(6-3-9)14(12)10-4-1-7-13-14;6-4-2-1-3-5-7;5-1-3-9(4-2-6)11(7,8)10;4-2-1-3-5;1-5(2,3)4;/h1-7H2,(H,10,12);1-5H2;1-4H2;5H,1-4H2;;1H. The van der Waals surface area contributed by atoms with Gasteiger partial charge in [-0.3, -0.25) is 13.7 Å². The minimum Gasteiger partial charge on any atom is -0.396 e. The van der Waals surface area contributed by atoms with Crippen LogP contribution in [0.1, 0.15) is 32.1 Å². The van der Waals surface area contributed by atoms with Gasteiger partial charge in [0.25, 0.3) is 0 Å². The quantitative estimate of drug-likeness (QED) is 0.0788. The third kappa shape index (κ3) is 45.9. The number of alkyl halides is 6. The molecule has 24 heteroatoms. The number of unbranched alkanes of at least 4 members (excludes halogenated alkanes) is 2. The van der Waals surface area contributed by atoms with Crippen LogP contribution in [0.3, 0.4) is 0 Å². The first-order chi connectivity index (χ1) is 19.6. The van der Waals surface area contributed by atoms with Gasteiger partial charge in [0.15, 0.2) is 0 Å². The van der Waals surface area contributed by atoms with Crippen molar-refractivity contribution in [3.63, 3.8) is 0 Å². The Kier molecular flexibility index (Phi) is 50.7. The van der Waals surface area contributed by atoms with Crippen LogP contribution in [0.4, 0.5) is 0 Å². The molecule has 4 N–H and O–H groups in total. The van der Waals surface area contributed by atoms with Crippen LogP contribution in [0, 0.1) is 0 Å². The molecule has 0 aliphatic carbocycles. The topological polar surface area (TPSA) is 125 Å². The number of rotatable bonds is 16. The summed E-state index contributed by atoms with van der Waals surface area (Å²) in [5.74, 6) is -0.138. The number of hydrogen-bond acceptors (Lipinski definition) is 6. The summed E-state index contributed by atoms with van der Waals surface area (Å²) in [5.41, 5.74) is 4.98. The average Bonchev–Trinajstić information content (AvgIpc) is 2.89. The molecule has 1 unspecified atom stereocenters. The van der Waals surface area contributed by atoms with Crippen LogP contribution in [0.2, 0.25) is 0 Å². The molecule has 1 fully saturated rings. The Balaban J connectivity index is -0.000000149. The first kappa shape index (κ1) is 56.3. The van der Waals surface area contributed by atoms with E-state index in [-0.39, 0.29) is 19.0 Å². The molecular weight excluding hydrogens is 883 g/mol. The molecule has 0 radical (unpaired) electrons. The van der Waals surface area contributed by atoms with Gasteiger partial charge in [0, 0.05) is 74.6 Å². The normalized spacial score (nSPS) is 16.3. The largest absolute Gasteiger partial charge is 0.396 e. The van der Waals surface area contributed by atoms with Gasteiger partial charge in [-0.15, -0.1) is 82.0 Å². The van der Waals surface area contributed by atoms with Crippen LogP contribution >= 0.6 is 157 Å². The van der Waals surface area contributed by atoms with E-state index in [9.17, 15) is 13.7 Å². The lowest BCUT2D eigenvalue weighted by molar-refractivity contribution is 0.233. The van der Waals surface area contributed by atoms with E-state index >= 15 is 0 Å². The van der Waals surface area contributed by atoms with Gasteiger partial charge in [-0.1, -0.05) is 6.42 Å². The molecule has 1 heterocycles. The van der Waals surface area contributed by atoms with E-state index in [1.807, 2.05) is 0 Å². The van der Waals surface area contributed by atoms with Crippen molar-refractivity contribution in [2.45, 2.75) is 32.1 Å². The Labute approximate surface area is 317 Å². The molecule has 1 aliphatic rings. The lowest BCUT2D eigenvalue weighted by Gasteiger charge is -2.33. The molecule has 0 bridgehead atoms. The summed E-state index contributed by atoms with van der Waals surface area (Å²) in [7, 11) is -2.84. The maximum Gasteiger partial charge on any atom is 0.343 e. The number of nitrogens with two attached hydrogens (primary N) is 1. The summed E-state index contributed by atoms with van der Waals surface area (Å²) in [6, 6.07) is 0. The first-order valence-corrected chi connectivity index (χ1v) is 25.1. The molecule has 0 spiro atoms. The van der Waals surface area contributed by atoms with Crippen LogP contribution in [-0.2, 0) is 18.2 Å². The second-order valence-corrected chi connectivity index (χ2v) is 23.2. The fourth-order valence-electron chi connectivity index (χ4n) is 2.28. The second-order valence-electron chi connectivity index (χ2n) is 7.42. The minimum atomic E-state index is -3.22. The molecular formula is C19H43Cl12N4O5P3. The molecule has 0 amide bonds. The highest BCUT2D eigenvalue weighted by atomic mass is 36.0. The van der Waals surface area contributed by atoms with Gasteiger partial charge in [-0.2, -0.15) is 0 Å². The number of aliphatic hydroxyl groups is 1. The lowest BCUT2D eigenvalue weighted by Crippen LogP contribution is -2.35. The summed E-state index contributed by atoms with van der Waals surface area (Å²) >= 11 is 57.5. The van der Waals surface area contributed by atoms with Crippen LogP contribution in [-0.4, -0.2) is 102 Å². The molecule has 0 aromatic carbocycles. The smallest absolute Gasteiger partial charge is 0.343 e. The molecule has 0 saturated carbocycles. The molecule has 1 rings (SSSR count). The number of halogens is 12. The number of nitrogens with one attached hydrogen (secondary N) is 1. The Bertz CT molecular complexity index is 684. The van der Waals surface area contributed by atoms with Gasteiger partial charge in [0.2, 0.25) is 0 Å². The van der Waals surface area contributed by atoms with E-state index in [1.165, 1.54) is 11.1 Å². The van der Waals surface area contributed by atoms with Crippen molar-refractivity contribution in [3.05, 3.63) is 0 Å². The Morgan fingerprint density at radius 1 is 0.767 bits per heavy atom. The van der Waals surface area contributed by atoms with Gasteiger partial charge in [-0.05, 0) is 88.4 Å². The summed E-state index contributed by atoms with van der Waals surface area (Å²) in [4.78, 5) is 0. The van der Waals surface area contributed by atoms with Crippen molar-refractivity contribution in [2.24, 2.45) is 5.73 Å². The van der Waals surface area contributed by atoms with Crippen LogP contribution in [0.15, 0.2) is 0 Å². The van der Waals surface area contributed by atoms with E-state index in [1.54, 1.807) is 4.67 Å². The lowest BCUT2D eigenvalue weighted by atomic mass is 10.3. The van der Waals surface area contributed by atoms with E-state index in [0.717, 1.165) is 44.0 Å². The summed E-state index contributed by atoms with van der Waals surface area (Å²) in [5, 5.41) is 7.67. The third-order valence-corrected chi connectivity index (χ3v) is 9.95. The molecule has 0 aromatic heterocycles. The Morgan fingerprint density at radius 2 is 1.19 bits per heavy atom. The molecule has 268 valence electrons. The van der Waals surface area contributed by atoms with Crippen molar-refractivity contribution < 1.29 is 23.3 Å². The fraction of sp³-hybridized carbons (Fsp3) is 1.00. The molecule has 1 saturated heterocycles. The van der Waals surface area contributed by atoms with Gasteiger partial charge in [0.05, 0.1) is 6.61 Å². The van der Waals surface area contributed by atoms with E-state index in [0.29, 0.717) is 62.9 Å². The molecule has 0 aromatic rings. The maximum absolute atomic E-state index is 12.2. The zero-order valence-electron chi connectivity index (χ0n) is 23.4. The monoisotopic (exact) mass is 920 g/mol. The maximum atomic E-state index is 12.2. The van der Waals surface area contributed by atoms with E-state index in [2.05, 4.69) is 38.8 Å². The predicted octanol–water partition coefficient (Wildman–Crippen LogP) is 10.4. The Hall–Kier alpha value is 3.93. The summed E-state index contributed by atoms with van der Waals surface area (Å²) < 4.78 is 41.1. The second kappa shape index (κ2) is 38.7. The number of aliphatic hydroxyl groups excluding tert-OH is 1. The summed E-state index contributed by atoms with van der Waals surface area (Å²) in [6.07, 6.45) is 5.00. The first-order valence-electron chi connectivity index (χ1n) is 12.4. The van der Waals surface area contributed by atoms with Crippen LogP contribution in [0.25, 0.3) is 0 Å². The number of hydrogen-bond donors (Lipinski definition) is 3. The fourth-order valence-corrected chi connectivity index (χ4v) is 7.51.